The standard InChI is InChI=1S/C59H62N3O.Pt/c1-37-21-23-38(24-22-37)40-29-30-60-50(34-40)42-31-41(32-44(33-42)57(5,6)7)47-18-16-20-52-53(47)61-55(48-35-45(58(8,9)10)36-49(54(48)63)59(11,12)13)62(52)51-19-15-14-17-46(51)39-25-27-43(28-26-39)56(2,3)4;/h14-30,32-36,63H,1-13H3;/q-1;. The zero-order valence-corrected chi connectivity index (χ0v) is 42.1. The van der Waals surface area contributed by atoms with E-state index in [0.29, 0.717) is 11.4 Å². The number of imidazole rings is 1. The molecule has 0 aliphatic heterocycles. The molecule has 0 amide bonds. The fraction of sp³-hybridized carbons (Fsp3) is 0.288. The predicted octanol–water partition coefficient (Wildman–Crippen LogP) is 15.8. The first kappa shape index (κ1) is 46.4. The molecule has 0 saturated carbocycles. The van der Waals surface area contributed by atoms with Gasteiger partial charge in [0, 0.05) is 44.1 Å². The summed E-state index contributed by atoms with van der Waals surface area (Å²) in [6.07, 6.45) is 1.90. The second kappa shape index (κ2) is 17.1. The molecule has 5 heteroatoms. The van der Waals surface area contributed by atoms with Crippen molar-refractivity contribution in [1.29, 1.82) is 0 Å². The van der Waals surface area contributed by atoms with E-state index in [2.05, 4.69) is 228 Å². The molecule has 0 spiro atoms. The molecule has 0 atom stereocenters. The van der Waals surface area contributed by atoms with Gasteiger partial charge in [-0.25, -0.2) is 4.98 Å². The van der Waals surface area contributed by atoms with Crippen molar-refractivity contribution in [3.05, 3.63) is 167 Å². The first-order valence-corrected chi connectivity index (χ1v) is 22.3. The second-order valence-electron chi connectivity index (χ2n) is 21.5. The summed E-state index contributed by atoms with van der Waals surface area (Å²) in [6, 6.07) is 49.5. The summed E-state index contributed by atoms with van der Waals surface area (Å²) in [5.41, 5.74) is 16.7. The molecule has 0 saturated heterocycles. The second-order valence-corrected chi connectivity index (χ2v) is 21.5. The van der Waals surface area contributed by atoms with Crippen molar-refractivity contribution in [2.45, 2.75) is 112 Å². The van der Waals surface area contributed by atoms with Crippen LogP contribution >= 0.6 is 0 Å². The third-order valence-corrected chi connectivity index (χ3v) is 12.4. The molecule has 0 unspecified atom stereocenters. The van der Waals surface area contributed by atoms with E-state index in [4.69, 9.17) is 9.97 Å². The Morgan fingerprint density at radius 2 is 1.11 bits per heavy atom. The van der Waals surface area contributed by atoms with Crippen molar-refractivity contribution in [2.24, 2.45) is 0 Å². The van der Waals surface area contributed by atoms with Gasteiger partial charge in [-0.2, -0.15) is 0 Å². The molecular formula is C59H62N3OPt-. The molecule has 1 N–H and O–H groups in total. The monoisotopic (exact) mass is 1020 g/mol. The Kier molecular flexibility index (Phi) is 12.4. The van der Waals surface area contributed by atoms with Crippen molar-refractivity contribution in [3.8, 4) is 67.5 Å². The van der Waals surface area contributed by atoms with Gasteiger partial charge in [-0.3, -0.25) is 9.55 Å². The SMILES string of the molecule is Cc1ccc(-c2ccnc(-c3[c-]c(-c4cccc5c4nc(-c4cc(C(C)(C)C)cc(C(C)(C)C)c4O)n5-c4ccccc4-c4ccc(C(C)(C)C)cc4)cc(C(C)(C)C)c3)c2)cc1.[Pt]. The number of fused-ring (bicyclic) bond motifs is 1. The van der Waals surface area contributed by atoms with Gasteiger partial charge in [-0.05, 0) is 80.7 Å². The van der Waals surface area contributed by atoms with Crippen LogP contribution in [0.2, 0.25) is 0 Å². The summed E-state index contributed by atoms with van der Waals surface area (Å²) in [6.45, 7) is 28.8. The van der Waals surface area contributed by atoms with Gasteiger partial charge in [0.2, 0.25) is 0 Å². The minimum absolute atomic E-state index is 0. The Bertz CT molecular complexity index is 2980. The van der Waals surface area contributed by atoms with E-state index < -0.39 is 0 Å². The average molecular weight is 1020 g/mol. The van der Waals surface area contributed by atoms with E-state index in [0.717, 1.165) is 72.5 Å². The van der Waals surface area contributed by atoms with Crippen LogP contribution in [0.4, 0.5) is 0 Å². The number of phenolic OH excluding ortho intramolecular Hbond substituents is 1. The molecule has 0 aliphatic rings. The summed E-state index contributed by atoms with van der Waals surface area (Å²) in [4.78, 5) is 10.6. The number of pyridine rings is 1. The minimum atomic E-state index is -0.321. The van der Waals surface area contributed by atoms with Gasteiger partial charge in [0.05, 0.1) is 22.3 Å². The quantitative estimate of drug-likeness (QED) is 0.169. The maximum atomic E-state index is 12.5. The van der Waals surface area contributed by atoms with Crippen molar-refractivity contribution in [1.82, 2.24) is 14.5 Å². The van der Waals surface area contributed by atoms with Crippen LogP contribution in [-0.4, -0.2) is 19.6 Å². The van der Waals surface area contributed by atoms with Crippen molar-refractivity contribution < 1.29 is 26.2 Å². The summed E-state index contributed by atoms with van der Waals surface area (Å²) < 4.78 is 2.26. The molecule has 2 heterocycles. The van der Waals surface area contributed by atoms with Crippen molar-refractivity contribution in [3.63, 3.8) is 0 Å². The van der Waals surface area contributed by atoms with Gasteiger partial charge in [0.1, 0.15) is 11.6 Å². The predicted molar refractivity (Wildman–Crippen MR) is 266 cm³/mol. The van der Waals surface area contributed by atoms with Crippen LogP contribution in [0.15, 0.2) is 134 Å². The molecule has 0 fully saturated rings. The Morgan fingerprint density at radius 1 is 0.516 bits per heavy atom. The summed E-state index contributed by atoms with van der Waals surface area (Å²) in [7, 11) is 0. The van der Waals surface area contributed by atoms with Gasteiger partial charge >= 0.3 is 0 Å². The number of aromatic hydroxyl groups is 1. The van der Waals surface area contributed by atoms with Crippen LogP contribution in [0.25, 0.3) is 72.7 Å². The van der Waals surface area contributed by atoms with Gasteiger partial charge in [-0.1, -0.05) is 191 Å². The fourth-order valence-electron chi connectivity index (χ4n) is 8.40. The molecule has 8 aromatic rings. The molecule has 4 nitrogen and oxygen atoms in total. The molecule has 8 rings (SSSR count). The van der Waals surface area contributed by atoms with E-state index in [9.17, 15) is 5.11 Å². The Morgan fingerprint density at radius 3 is 1.75 bits per heavy atom. The van der Waals surface area contributed by atoms with Crippen LogP contribution < -0.4 is 0 Å². The Hall–Kier alpha value is -5.57. The fourth-order valence-corrected chi connectivity index (χ4v) is 8.40. The van der Waals surface area contributed by atoms with E-state index in [1.807, 2.05) is 6.20 Å². The molecule has 0 aliphatic carbocycles. The average Bonchev–Trinajstić information content (AvgIpc) is 3.62. The van der Waals surface area contributed by atoms with E-state index in [1.54, 1.807) is 0 Å². The molecule has 330 valence electrons. The number of hydrogen-bond donors (Lipinski definition) is 1. The number of benzene rings is 6. The molecular weight excluding hydrogens is 962 g/mol. The zero-order valence-electron chi connectivity index (χ0n) is 39.8. The van der Waals surface area contributed by atoms with Gasteiger partial charge in [0.25, 0.3) is 0 Å². The van der Waals surface area contributed by atoms with Crippen LogP contribution in [-0.2, 0) is 42.7 Å². The third-order valence-electron chi connectivity index (χ3n) is 12.4. The number of para-hydroxylation sites is 2. The first-order valence-electron chi connectivity index (χ1n) is 22.3. The summed E-state index contributed by atoms with van der Waals surface area (Å²) >= 11 is 0. The third kappa shape index (κ3) is 9.18. The molecule has 6 aromatic carbocycles. The Balaban J connectivity index is 0.00000612. The van der Waals surface area contributed by atoms with Crippen LogP contribution in [0.3, 0.4) is 0 Å². The normalized spacial score (nSPS) is 12.4. The van der Waals surface area contributed by atoms with Gasteiger partial charge in [0.15, 0.2) is 0 Å². The summed E-state index contributed by atoms with van der Waals surface area (Å²) in [5, 5.41) is 12.5. The van der Waals surface area contributed by atoms with E-state index in [1.165, 1.54) is 16.7 Å². The van der Waals surface area contributed by atoms with Crippen LogP contribution in [0.5, 0.6) is 5.75 Å². The zero-order chi connectivity index (χ0) is 45.2. The van der Waals surface area contributed by atoms with Crippen LogP contribution in [0, 0.1) is 13.0 Å². The number of rotatable bonds is 6. The van der Waals surface area contributed by atoms with E-state index in [-0.39, 0.29) is 48.5 Å². The number of nitrogens with zero attached hydrogens (tertiary/aromatic N) is 3. The largest absolute Gasteiger partial charge is 0.507 e. The molecule has 0 radical (unpaired) electrons. The Labute approximate surface area is 396 Å². The van der Waals surface area contributed by atoms with E-state index >= 15 is 0 Å². The van der Waals surface area contributed by atoms with Gasteiger partial charge < -0.3 is 5.11 Å². The summed E-state index contributed by atoms with van der Waals surface area (Å²) in [5.74, 6) is 0.939. The molecule has 64 heavy (non-hydrogen) atoms. The number of aryl methyl sites for hydroxylation is 1. The number of aromatic nitrogens is 3. The maximum absolute atomic E-state index is 12.5. The minimum Gasteiger partial charge on any atom is -0.507 e. The first-order chi connectivity index (χ1) is 29.6. The topological polar surface area (TPSA) is 50.9 Å². The van der Waals surface area contributed by atoms with Crippen molar-refractivity contribution in [2.75, 3.05) is 0 Å². The number of phenols is 1. The smallest absolute Gasteiger partial charge is 0.148 e. The van der Waals surface area contributed by atoms with Gasteiger partial charge in [-0.15, -0.1) is 29.3 Å². The number of hydrogen-bond acceptors (Lipinski definition) is 3. The molecule has 2 aromatic heterocycles. The van der Waals surface area contributed by atoms with Crippen LogP contribution in [0.1, 0.15) is 111 Å². The molecule has 0 bridgehead atoms. The van der Waals surface area contributed by atoms with Crippen molar-refractivity contribution >= 4 is 11.0 Å². The maximum Gasteiger partial charge on any atom is 0.148 e.